The van der Waals surface area contributed by atoms with E-state index in [2.05, 4.69) is 20.6 Å². The number of anilines is 2. The minimum Gasteiger partial charge on any atom is -0.384 e. The molecule has 158 valence electrons. The van der Waals surface area contributed by atoms with Crippen LogP contribution in [0.2, 0.25) is 0 Å². The van der Waals surface area contributed by atoms with Crippen LogP contribution in [0.4, 0.5) is 20.7 Å². The van der Waals surface area contributed by atoms with Gasteiger partial charge in [-0.25, -0.2) is 19.2 Å². The Labute approximate surface area is 187 Å². The van der Waals surface area contributed by atoms with Gasteiger partial charge in [0, 0.05) is 17.5 Å². The first-order valence-electron chi connectivity index (χ1n) is 9.49. The highest BCUT2D eigenvalue weighted by Crippen LogP contribution is 2.38. The Morgan fingerprint density at radius 2 is 2.10 bits per heavy atom. The molecule has 2 amide bonds. The number of hydrogen-bond acceptors (Lipinski definition) is 5. The number of benzene rings is 1. The Hall–Kier alpha value is -3.23. The number of carbonyl (C=O) groups excluding carboxylic acids is 1. The van der Waals surface area contributed by atoms with Gasteiger partial charge in [0.15, 0.2) is 0 Å². The summed E-state index contributed by atoms with van der Waals surface area (Å²) in [6, 6.07) is 7.60. The number of alkyl halides is 1. The van der Waals surface area contributed by atoms with E-state index in [1.54, 1.807) is 36.5 Å². The number of allylic oxidation sites excluding steroid dienone is 3. The number of halogens is 2. The summed E-state index contributed by atoms with van der Waals surface area (Å²) in [5.74, 6) is -0.150. The number of aromatic nitrogens is 2. The van der Waals surface area contributed by atoms with E-state index in [1.165, 1.54) is 17.4 Å². The molecule has 4 rings (SSSR count). The Balaban J connectivity index is 1.60. The van der Waals surface area contributed by atoms with E-state index in [0.29, 0.717) is 17.9 Å². The van der Waals surface area contributed by atoms with Gasteiger partial charge in [-0.3, -0.25) is 0 Å². The number of aryl methyl sites for hydroxylation is 1. The van der Waals surface area contributed by atoms with E-state index in [9.17, 15) is 9.18 Å². The van der Waals surface area contributed by atoms with Crippen LogP contribution in [0.25, 0.3) is 21.7 Å². The molecule has 3 aromatic rings. The third-order valence-corrected chi connectivity index (χ3v) is 5.91. The molecule has 1 aromatic carbocycles. The van der Waals surface area contributed by atoms with Crippen LogP contribution in [0.5, 0.6) is 0 Å². The van der Waals surface area contributed by atoms with Crippen molar-refractivity contribution in [3.05, 3.63) is 71.3 Å². The molecule has 1 aliphatic carbocycles. The average Bonchev–Trinajstić information content (AvgIpc) is 3.13. The minimum atomic E-state index is -0.539. The van der Waals surface area contributed by atoms with Crippen molar-refractivity contribution in [2.45, 2.75) is 18.7 Å². The van der Waals surface area contributed by atoms with Crippen LogP contribution in [-0.2, 0) is 0 Å². The van der Waals surface area contributed by atoms with Gasteiger partial charge >= 0.3 is 6.03 Å². The summed E-state index contributed by atoms with van der Waals surface area (Å²) in [4.78, 5) is 21.8. The van der Waals surface area contributed by atoms with Crippen molar-refractivity contribution in [3.63, 3.8) is 0 Å². The Bertz CT molecular complexity index is 1210. The molecule has 0 saturated heterocycles. The van der Waals surface area contributed by atoms with Crippen LogP contribution in [0.15, 0.2) is 60.5 Å². The zero-order valence-corrected chi connectivity index (χ0v) is 18.1. The van der Waals surface area contributed by atoms with Crippen LogP contribution in [-0.4, -0.2) is 21.4 Å². The second-order valence-electron chi connectivity index (χ2n) is 6.92. The topological polar surface area (TPSA) is 92.9 Å². The second kappa shape index (κ2) is 8.87. The molecular formula is C22H19ClFN5OS. The summed E-state index contributed by atoms with van der Waals surface area (Å²) in [5, 5.41) is 6.03. The molecule has 4 N–H and O–H groups in total. The first kappa shape index (κ1) is 21.0. The largest absolute Gasteiger partial charge is 0.384 e. The van der Waals surface area contributed by atoms with Gasteiger partial charge in [0.1, 0.15) is 11.6 Å². The standard InChI is InChI=1S/C22H19ClFN5OS/c1-12-27-20(13-8-9-26-19(25)11-13)21(31-12)14-2-7-17(24)18(10-14)29-22(30)28-16-5-3-15(23)4-6-16/h2-3,5-11,15H,4H2,1H3,(H2,25,26)(H2,28,29,30). The van der Waals surface area contributed by atoms with Crippen LogP contribution in [0.1, 0.15) is 11.4 Å². The first-order chi connectivity index (χ1) is 14.9. The monoisotopic (exact) mass is 455 g/mol. The number of carbonyl (C=O) groups is 1. The van der Waals surface area contributed by atoms with Crippen molar-refractivity contribution in [2.75, 3.05) is 11.1 Å². The van der Waals surface area contributed by atoms with Gasteiger partial charge in [-0.15, -0.1) is 22.9 Å². The normalized spacial score (nSPS) is 15.5. The molecule has 6 nitrogen and oxygen atoms in total. The zero-order chi connectivity index (χ0) is 22.0. The molecule has 0 aliphatic heterocycles. The summed E-state index contributed by atoms with van der Waals surface area (Å²) >= 11 is 7.46. The van der Waals surface area contributed by atoms with Crippen molar-refractivity contribution in [1.29, 1.82) is 0 Å². The summed E-state index contributed by atoms with van der Waals surface area (Å²) in [7, 11) is 0. The Kier molecular flexibility index (Phi) is 6.01. The van der Waals surface area contributed by atoms with Gasteiger partial charge in [-0.2, -0.15) is 0 Å². The van der Waals surface area contributed by atoms with Gasteiger partial charge in [0.25, 0.3) is 0 Å². The quantitative estimate of drug-likeness (QED) is 0.454. The highest BCUT2D eigenvalue weighted by atomic mass is 35.5. The highest BCUT2D eigenvalue weighted by molar-refractivity contribution is 7.15. The van der Waals surface area contributed by atoms with Gasteiger partial charge in [-0.1, -0.05) is 18.2 Å². The number of pyridine rings is 1. The molecule has 2 heterocycles. The van der Waals surface area contributed by atoms with Crippen LogP contribution in [0, 0.1) is 12.7 Å². The molecule has 0 fully saturated rings. The third kappa shape index (κ3) is 4.92. The molecule has 31 heavy (non-hydrogen) atoms. The van der Waals surface area contributed by atoms with Gasteiger partial charge in [0.05, 0.1) is 26.6 Å². The molecule has 2 aromatic heterocycles. The van der Waals surface area contributed by atoms with Gasteiger partial charge in [-0.05, 0) is 49.2 Å². The van der Waals surface area contributed by atoms with E-state index in [0.717, 1.165) is 26.7 Å². The van der Waals surface area contributed by atoms with E-state index >= 15 is 0 Å². The number of nitrogens with one attached hydrogen (secondary N) is 2. The first-order valence-corrected chi connectivity index (χ1v) is 10.7. The number of hydrogen-bond donors (Lipinski definition) is 3. The predicted octanol–water partition coefficient (Wildman–Crippen LogP) is 5.47. The minimum absolute atomic E-state index is 0.0665. The van der Waals surface area contributed by atoms with Crippen LogP contribution >= 0.6 is 22.9 Å². The maximum Gasteiger partial charge on any atom is 0.323 e. The lowest BCUT2D eigenvalue weighted by atomic mass is 10.1. The number of nitrogens with zero attached hydrogens (tertiary/aromatic N) is 2. The molecule has 1 unspecified atom stereocenters. The number of nitrogen functional groups attached to an aromatic ring is 1. The predicted molar refractivity (Wildman–Crippen MR) is 124 cm³/mol. The zero-order valence-electron chi connectivity index (χ0n) is 16.5. The van der Waals surface area contributed by atoms with Crippen LogP contribution < -0.4 is 16.4 Å². The van der Waals surface area contributed by atoms with Crippen LogP contribution in [0.3, 0.4) is 0 Å². The summed E-state index contributed by atoms with van der Waals surface area (Å²) in [5.41, 5.74) is 8.77. The number of amides is 2. The Morgan fingerprint density at radius 3 is 2.84 bits per heavy atom. The van der Waals surface area contributed by atoms with Crippen molar-refractivity contribution < 1.29 is 9.18 Å². The molecule has 9 heteroatoms. The smallest absolute Gasteiger partial charge is 0.323 e. The molecule has 0 bridgehead atoms. The molecule has 0 spiro atoms. The number of urea groups is 1. The molecule has 0 saturated carbocycles. The fraction of sp³-hybridized carbons (Fsp3) is 0.136. The molecule has 0 radical (unpaired) electrons. The van der Waals surface area contributed by atoms with E-state index in [1.807, 2.05) is 19.1 Å². The molecule has 1 atom stereocenters. The maximum atomic E-state index is 14.4. The summed E-state index contributed by atoms with van der Waals surface area (Å²) < 4.78 is 14.4. The van der Waals surface area contributed by atoms with Gasteiger partial charge < -0.3 is 16.4 Å². The van der Waals surface area contributed by atoms with Gasteiger partial charge in [0.2, 0.25) is 0 Å². The second-order valence-corrected chi connectivity index (χ2v) is 8.69. The fourth-order valence-electron chi connectivity index (χ4n) is 3.15. The fourth-order valence-corrected chi connectivity index (χ4v) is 4.25. The summed E-state index contributed by atoms with van der Waals surface area (Å²) in [6.45, 7) is 1.90. The lowest BCUT2D eigenvalue weighted by Crippen LogP contribution is -2.28. The maximum absolute atomic E-state index is 14.4. The number of nitrogens with two attached hydrogens (primary N) is 1. The van der Waals surface area contributed by atoms with E-state index in [-0.39, 0.29) is 11.1 Å². The molecule has 1 aliphatic rings. The van der Waals surface area contributed by atoms with Crippen molar-refractivity contribution in [3.8, 4) is 21.7 Å². The number of thiazole rings is 1. The number of rotatable bonds is 4. The Morgan fingerprint density at radius 1 is 1.26 bits per heavy atom. The lowest BCUT2D eigenvalue weighted by Gasteiger charge is -2.13. The molecular weight excluding hydrogens is 437 g/mol. The van der Waals surface area contributed by atoms with E-state index < -0.39 is 11.8 Å². The van der Waals surface area contributed by atoms with Crippen molar-refractivity contribution in [2.24, 2.45) is 0 Å². The SMILES string of the molecule is Cc1nc(-c2ccnc(N)c2)c(-c2ccc(F)c(NC(=O)NC3=CCC(Cl)C=C3)c2)s1. The lowest BCUT2D eigenvalue weighted by molar-refractivity contribution is 0.254. The van der Waals surface area contributed by atoms with Crippen molar-refractivity contribution in [1.82, 2.24) is 15.3 Å². The van der Waals surface area contributed by atoms with Crippen molar-refractivity contribution >= 4 is 40.5 Å². The average molecular weight is 456 g/mol. The van der Waals surface area contributed by atoms with E-state index in [4.69, 9.17) is 17.3 Å². The summed E-state index contributed by atoms with van der Waals surface area (Å²) in [6.07, 6.45) is 7.56. The third-order valence-electron chi connectivity index (χ3n) is 4.57. The highest BCUT2D eigenvalue weighted by Gasteiger charge is 2.17.